The van der Waals surface area contributed by atoms with E-state index in [4.69, 9.17) is 51.9 Å². The third kappa shape index (κ3) is 40.5. The lowest BCUT2D eigenvalue weighted by Crippen LogP contribution is -2.68. The molecule has 3 unspecified atom stereocenters. The lowest BCUT2D eigenvalue weighted by Gasteiger charge is -2.45. The van der Waals surface area contributed by atoms with Crippen molar-refractivity contribution in [1.29, 1.82) is 0 Å². The number of aliphatic hydroxyl groups is 4. The number of nitrogens with zero attached hydrogens (tertiary/aromatic N) is 1. The number of hydrogen-bond donors (Lipinski definition) is 12. The number of carboxylic acids is 2. The van der Waals surface area contributed by atoms with Gasteiger partial charge in [-0.1, -0.05) is 168 Å². The van der Waals surface area contributed by atoms with Crippen molar-refractivity contribution in [3.63, 3.8) is 0 Å². The molecule has 1 aliphatic rings. The maximum atomic E-state index is 15.0. The van der Waals surface area contributed by atoms with E-state index in [0.717, 1.165) is 69.6 Å². The van der Waals surface area contributed by atoms with Crippen molar-refractivity contribution in [3.8, 4) is 0 Å². The average molecular weight is 1260 g/mol. The first-order valence-electron chi connectivity index (χ1n) is 31.4. The van der Waals surface area contributed by atoms with Gasteiger partial charge in [0.05, 0.1) is 19.3 Å². The summed E-state index contributed by atoms with van der Waals surface area (Å²) in [5.74, 6) is -6.66. The maximum Gasteiger partial charge on any atom is 0.694 e. The summed E-state index contributed by atoms with van der Waals surface area (Å²) in [6.45, 7) is 7.75. The molecule has 0 saturated carbocycles. The van der Waals surface area contributed by atoms with E-state index in [1.54, 1.807) is 0 Å². The van der Waals surface area contributed by atoms with Crippen LogP contribution in [0.5, 0.6) is 0 Å². The van der Waals surface area contributed by atoms with E-state index in [9.17, 15) is 58.9 Å². The maximum absolute atomic E-state index is 15.0. The van der Waals surface area contributed by atoms with E-state index >= 15 is 4.79 Å². The van der Waals surface area contributed by atoms with Crippen LogP contribution in [0.4, 0.5) is 0 Å². The van der Waals surface area contributed by atoms with Gasteiger partial charge in [0, 0.05) is 43.8 Å². The number of unbranched alkanes of at least 4 members (excludes halogenated alkanes) is 24. The first-order valence-corrected chi connectivity index (χ1v) is 32.5. The number of carboxylic acid groups (broad SMARTS) is 2. The molecule has 0 aromatic carbocycles. The predicted molar refractivity (Wildman–Crippen MR) is 324 cm³/mol. The molecule has 1 fully saturated rings. The number of ether oxygens (including phenoxy) is 4. The van der Waals surface area contributed by atoms with Crippen molar-refractivity contribution in [1.82, 2.24) is 10.2 Å². The minimum atomic E-state index is -2.44. The number of esters is 2. The molecule has 1 saturated heterocycles. The largest absolute Gasteiger partial charge is 0.694 e. The molecule has 1 heterocycles. The Morgan fingerprint density at radius 3 is 1.47 bits per heavy atom. The number of aliphatic hydroxyl groups excluding tert-OH is 4. The molecule has 16 N–H and O–H groups in total. The third-order valence-electron chi connectivity index (χ3n) is 14.5. The van der Waals surface area contributed by atoms with Crippen LogP contribution >= 0.6 is 8.25 Å². The van der Waals surface area contributed by atoms with Gasteiger partial charge in [0.1, 0.15) is 48.6 Å². The van der Waals surface area contributed by atoms with Crippen LogP contribution in [-0.2, 0) is 61.6 Å². The minimum absolute atomic E-state index is 0.0214. The standard InChI is InChI=1S/C54H100N4O15.C3H7NO2.C2H6NO3P/c1-6-8-10-12-14-16-18-20-22-24-26-28-30-32-45(64)71-43(38-60)50(73-46(65)33-31-29-27-25-23-21-19-17-15-13-11-9-7-2)54(5,56)53(69)58(41(51(55)67)34-35-44(62)63)36-39(3)70-49-47(57-40(4)61)52(68)72-42(37-59)48(49)66;1-2(4)3(5)6;3-1-2-6-7(4)5/h39,41-43,47-50,52,59-60,66,68H,6-38,56H2,1-5H3,(H2,55,67)(H,57,61)(H,62,63);2H,4H2,1H3,(H,5,6);1-3H2/p+1/t39?,41-,42-,43+,47-,48-,49-,50?,52+,54-;2-;/m10./s1. The molecule has 0 aliphatic carbocycles. The van der Waals surface area contributed by atoms with Crippen LogP contribution in [0.3, 0.4) is 0 Å². The van der Waals surface area contributed by atoms with Crippen LogP contribution in [0.2, 0.25) is 0 Å². The summed E-state index contributed by atoms with van der Waals surface area (Å²) in [7, 11) is -2.44. The Morgan fingerprint density at radius 1 is 0.709 bits per heavy atom. The van der Waals surface area contributed by atoms with E-state index in [0.29, 0.717) is 12.8 Å². The summed E-state index contributed by atoms with van der Waals surface area (Å²) < 4.78 is 36.8. The van der Waals surface area contributed by atoms with Crippen molar-refractivity contribution in [2.75, 3.05) is 32.9 Å². The zero-order chi connectivity index (χ0) is 65.5. The van der Waals surface area contributed by atoms with E-state index in [1.807, 2.05) is 0 Å². The zero-order valence-corrected chi connectivity index (χ0v) is 53.6. The summed E-state index contributed by atoms with van der Waals surface area (Å²) in [5.41, 5.74) is 20.1. The molecular weight excluding hydrogens is 1140 g/mol. The van der Waals surface area contributed by atoms with Gasteiger partial charge in [-0.05, 0) is 40.0 Å². The molecule has 3 amide bonds. The van der Waals surface area contributed by atoms with Crippen LogP contribution in [-0.4, -0.2) is 182 Å². The molecule has 504 valence electrons. The molecule has 26 nitrogen and oxygen atoms in total. The van der Waals surface area contributed by atoms with Gasteiger partial charge in [0.15, 0.2) is 18.5 Å². The monoisotopic (exact) mass is 1260 g/mol. The molecule has 0 radical (unpaired) electrons. The number of hydrogen-bond acceptors (Lipinski definition) is 20. The van der Waals surface area contributed by atoms with Crippen molar-refractivity contribution >= 4 is 49.9 Å². The second-order valence-corrected chi connectivity index (χ2v) is 23.3. The molecular formula is C59H114N6O20P+. The number of carbonyl (C=O) groups is 7. The molecule has 1 rings (SSSR count). The van der Waals surface area contributed by atoms with Gasteiger partial charge in [-0.15, -0.1) is 9.42 Å². The Bertz CT molecular complexity index is 1860. The predicted octanol–water partition coefficient (Wildman–Crippen LogP) is 5.41. The molecule has 0 spiro atoms. The van der Waals surface area contributed by atoms with Gasteiger partial charge in [0.25, 0.3) is 0 Å². The van der Waals surface area contributed by atoms with Crippen molar-refractivity contribution in [2.45, 2.75) is 301 Å². The highest BCUT2D eigenvalue weighted by Gasteiger charge is 2.51. The average Bonchev–Trinajstić information content (AvgIpc) is 1.02. The highest BCUT2D eigenvalue weighted by molar-refractivity contribution is 7.32. The van der Waals surface area contributed by atoms with E-state index in [1.165, 1.54) is 117 Å². The van der Waals surface area contributed by atoms with Gasteiger partial charge in [-0.25, -0.2) is 0 Å². The lowest BCUT2D eigenvalue weighted by atomic mass is 9.88. The number of nitrogens with two attached hydrogens (primary N) is 4. The van der Waals surface area contributed by atoms with Crippen molar-refractivity contribution < 1.29 is 97.1 Å². The minimum Gasteiger partial charge on any atom is -0.481 e. The summed E-state index contributed by atoms with van der Waals surface area (Å²) in [6, 6.07) is -3.77. The second kappa shape index (κ2) is 51.8. The molecule has 27 heteroatoms. The second-order valence-electron chi connectivity index (χ2n) is 22.6. The first kappa shape index (κ1) is 84.0. The number of primary amides is 1. The van der Waals surface area contributed by atoms with Crippen LogP contribution in [0.25, 0.3) is 0 Å². The Balaban J connectivity index is 0. The molecule has 0 bridgehead atoms. The summed E-state index contributed by atoms with van der Waals surface area (Å²) >= 11 is 0. The van der Waals surface area contributed by atoms with Gasteiger partial charge in [-0.2, -0.15) is 0 Å². The smallest absolute Gasteiger partial charge is 0.481 e. The highest BCUT2D eigenvalue weighted by atomic mass is 31.1. The highest BCUT2D eigenvalue weighted by Crippen LogP contribution is 2.28. The van der Waals surface area contributed by atoms with E-state index in [-0.39, 0.29) is 26.0 Å². The molecule has 86 heavy (non-hydrogen) atoms. The number of amides is 3. The summed E-state index contributed by atoms with van der Waals surface area (Å²) in [6.07, 6.45) is 16.3. The summed E-state index contributed by atoms with van der Waals surface area (Å²) in [4.78, 5) is 97.5. The van der Waals surface area contributed by atoms with Gasteiger partial charge in [0.2, 0.25) is 17.7 Å². The normalized spacial score (nSPS) is 19.1. The number of carbonyl (C=O) groups excluding carboxylic acids is 5. The fourth-order valence-corrected chi connectivity index (χ4v) is 9.89. The van der Waals surface area contributed by atoms with Crippen molar-refractivity contribution in [3.05, 3.63) is 0 Å². The Labute approximate surface area is 512 Å². The zero-order valence-electron chi connectivity index (χ0n) is 52.7. The lowest BCUT2D eigenvalue weighted by molar-refractivity contribution is -0.268. The topological polar surface area (TPSA) is 444 Å². The number of nitrogens with one attached hydrogen (secondary N) is 1. The van der Waals surface area contributed by atoms with E-state index < -0.39 is 149 Å². The van der Waals surface area contributed by atoms with Crippen LogP contribution in [0.1, 0.15) is 234 Å². The Kier molecular flexibility index (Phi) is 50.6. The fourth-order valence-electron chi connectivity index (χ4n) is 9.63. The summed E-state index contributed by atoms with van der Waals surface area (Å²) in [5, 5.41) is 62.4. The number of aliphatic carboxylic acids is 2. The van der Waals surface area contributed by atoms with Crippen LogP contribution in [0.15, 0.2) is 0 Å². The molecule has 0 aromatic rings. The quantitative estimate of drug-likeness (QED) is 0.0206. The van der Waals surface area contributed by atoms with Crippen LogP contribution < -0.4 is 28.3 Å². The first-order chi connectivity index (χ1) is 40.8. The Hall–Kier alpha value is -4.05. The van der Waals surface area contributed by atoms with Crippen molar-refractivity contribution in [2.24, 2.45) is 22.9 Å². The Morgan fingerprint density at radius 2 is 1.13 bits per heavy atom. The molecule has 0 aromatic heterocycles. The molecule has 12 atom stereocenters. The fraction of sp³-hybridized carbons (Fsp3) is 0.881. The van der Waals surface area contributed by atoms with Gasteiger partial charge in [-0.3, -0.25) is 33.6 Å². The van der Waals surface area contributed by atoms with Gasteiger partial charge < -0.3 is 82.7 Å². The third-order valence-corrected chi connectivity index (χ3v) is 14.9. The van der Waals surface area contributed by atoms with Crippen LogP contribution in [0, 0.1) is 0 Å². The number of rotatable bonds is 49. The SMILES string of the molecule is CCCCCCCCCCCCCCCC(=O)OC([C@H](CO)OC(=O)CCCCCCCCCCCCCCC)[C@@](C)(N)C(=O)N(CC(C)O[C@H]1[C@H](O)[C@@H](CO)O[C@H](O)[C@@H]1NC(C)=O)[C@H](CCC(=O)O)C(N)=O.C[C@H](N)C(=O)O.NCCO[P+](=O)O. The van der Waals surface area contributed by atoms with Gasteiger partial charge >= 0.3 is 32.1 Å². The van der Waals surface area contributed by atoms with E-state index in [2.05, 4.69) is 23.7 Å². The molecule has 1 aliphatic heterocycles.